The number of thioether (sulfide) groups is 1. The first-order valence-corrected chi connectivity index (χ1v) is 9.04. The van der Waals surface area contributed by atoms with Crippen LogP contribution in [-0.4, -0.2) is 31.2 Å². The second-order valence-corrected chi connectivity index (χ2v) is 7.81. The van der Waals surface area contributed by atoms with Crippen LogP contribution in [0.4, 0.5) is 5.69 Å². The van der Waals surface area contributed by atoms with Gasteiger partial charge in [-0.25, -0.2) is 8.42 Å². The van der Waals surface area contributed by atoms with E-state index in [0.29, 0.717) is 30.7 Å². The van der Waals surface area contributed by atoms with E-state index in [9.17, 15) is 18.0 Å². The summed E-state index contributed by atoms with van der Waals surface area (Å²) in [7, 11) is -3.72. The Bertz CT molecular complexity index is 715. The molecule has 0 aliphatic carbocycles. The number of benzene rings is 1. The van der Waals surface area contributed by atoms with Crippen molar-refractivity contribution in [1.82, 2.24) is 4.72 Å². The molecule has 8 heteroatoms. The molecule has 0 spiro atoms. The number of carbonyl (C=O) groups is 2. The van der Waals surface area contributed by atoms with E-state index in [4.69, 9.17) is 0 Å². The van der Waals surface area contributed by atoms with Crippen molar-refractivity contribution in [3.8, 4) is 0 Å². The third-order valence-corrected chi connectivity index (χ3v) is 5.99. The lowest BCUT2D eigenvalue weighted by atomic mass is 10.0. The van der Waals surface area contributed by atoms with E-state index in [1.54, 1.807) is 12.1 Å². The number of sulfonamides is 1. The molecule has 1 unspecified atom stereocenters. The number of fused-ring (bicyclic) bond motifs is 1. The maximum absolute atomic E-state index is 12.3. The van der Waals surface area contributed by atoms with Crippen molar-refractivity contribution < 1.29 is 18.0 Å². The highest BCUT2D eigenvalue weighted by atomic mass is 32.2. The molecule has 1 aromatic carbocycles. The summed E-state index contributed by atoms with van der Waals surface area (Å²) in [6.45, 7) is 0. The zero-order valence-corrected chi connectivity index (χ0v) is 12.7. The van der Waals surface area contributed by atoms with Crippen LogP contribution in [0.15, 0.2) is 23.1 Å². The molecule has 2 aliphatic rings. The molecule has 1 aromatic rings. The molecule has 21 heavy (non-hydrogen) atoms. The quantitative estimate of drug-likeness (QED) is 0.860. The Morgan fingerprint density at radius 3 is 2.76 bits per heavy atom. The second-order valence-electron chi connectivity index (χ2n) is 5.00. The summed E-state index contributed by atoms with van der Waals surface area (Å²) in [6, 6.07) is 3.95. The standard InChI is InChI=1S/C13H14N2O4S2/c16-12-4-1-8-7-9(2-3-10(8)14-12)21(18,19)15-11-5-6-20-13(11)17/h2-3,7,11,15H,1,4-6H2,(H,14,16). The monoisotopic (exact) mass is 326 g/mol. The van der Waals surface area contributed by atoms with Gasteiger partial charge in [0, 0.05) is 17.9 Å². The summed E-state index contributed by atoms with van der Waals surface area (Å²) in [4.78, 5) is 23.0. The van der Waals surface area contributed by atoms with Crippen LogP contribution in [-0.2, 0) is 26.0 Å². The van der Waals surface area contributed by atoms with Crippen LogP contribution in [0.3, 0.4) is 0 Å². The lowest BCUT2D eigenvalue weighted by Gasteiger charge is -2.18. The predicted molar refractivity (Wildman–Crippen MR) is 79.6 cm³/mol. The molecule has 1 fully saturated rings. The summed E-state index contributed by atoms with van der Waals surface area (Å²) < 4.78 is 27.1. The lowest BCUT2D eigenvalue weighted by molar-refractivity contribution is -0.116. The summed E-state index contributed by atoms with van der Waals surface area (Å²) in [6.07, 6.45) is 1.38. The van der Waals surface area contributed by atoms with E-state index in [-0.39, 0.29) is 15.9 Å². The number of aryl methyl sites for hydroxylation is 1. The minimum absolute atomic E-state index is 0.0650. The Kier molecular flexibility index (Phi) is 3.76. The van der Waals surface area contributed by atoms with Gasteiger partial charge in [-0.3, -0.25) is 9.59 Å². The lowest BCUT2D eigenvalue weighted by Crippen LogP contribution is -2.37. The van der Waals surface area contributed by atoms with Gasteiger partial charge in [0.1, 0.15) is 0 Å². The minimum atomic E-state index is -3.72. The number of carbonyl (C=O) groups excluding carboxylic acids is 2. The van der Waals surface area contributed by atoms with Crippen LogP contribution in [0.1, 0.15) is 18.4 Å². The highest BCUT2D eigenvalue weighted by Gasteiger charge is 2.30. The highest BCUT2D eigenvalue weighted by molar-refractivity contribution is 8.14. The number of rotatable bonds is 3. The van der Waals surface area contributed by atoms with E-state index < -0.39 is 16.1 Å². The Balaban J connectivity index is 1.86. The Morgan fingerprint density at radius 2 is 2.05 bits per heavy atom. The van der Waals surface area contributed by atoms with E-state index in [2.05, 4.69) is 10.0 Å². The van der Waals surface area contributed by atoms with Crippen LogP contribution in [0.5, 0.6) is 0 Å². The van der Waals surface area contributed by atoms with Gasteiger partial charge in [0.05, 0.1) is 10.9 Å². The van der Waals surface area contributed by atoms with Crippen LogP contribution >= 0.6 is 11.8 Å². The molecule has 112 valence electrons. The maximum atomic E-state index is 12.3. The average Bonchev–Trinajstić information content (AvgIpc) is 2.83. The number of amides is 1. The molecule has 0 aromatic heterocycles. The SMILES string of the molecule is O=C1CCc2cc(S(=O)(=O)NC3CCSC3=O)ccc2N1. The normalized spacial score (nSPS) is 22.0. The van der Waals surface area contributed by atoms with Gasteiger partial charge in [0.2, 0.25) is 21.0 Å². The summed E-state index contributed by atoms with van der Waals surface area (Å²) in [5.74, 6) is 0.576. The molecule has 1 saturated heterocycles. The maximum Gasteiger partial charge on any atom is 0.241 e. The second kappa shape index (κ2) is 5.43. The van der Waals surface area contributed by atoms with Crippen molar-refractivity contribution in [1.29, 1.82) is 0 Å². The summed E-state index contributed by atoms with van der Waals surface area (Å²) in [5.41, 5.74) is 1.45. The fourth-order valence-electron chi connectivity index (χ4n) is 2.39. The van der Waals surface area contributed by atoms with Gasteiger partial charge in [0.25, 0.3) is 0 Å². The largest absolute Gasteiger partial charge is 0.326 e. The smallest absolute Gasteiger partial charge is 0.241 e. The molecule has 0 bridgehead atoms. The van der Waals surface area contributed by atoms with Gasteiger partial charge in [0.15, 0.2) is 0 Å². The Hall–Kier alpha value is -1.38. The Morgan fingerprint density at radius 1 is 1.24 bits per heavy atom. The molecule has 2 N–H and O–H groups in total. The molecule has 1 amide bonds. The fraction of sp³-hybridized carbons (Fsp3) is 0.385. The first-order valence-electron chi connectivity index (χ1n) is 6.57. The van der Waals surface area contributed by atoms with Crippen molar-refractivity contribution in [2.75, 3.05) is 11.1 Å². The molecule has 0 radical (unpaired) electrons. The van der Waals surface area contributed by atoms with E-state index in [0.717, 1.165) is 17.3 Å². The van der Waals surface area contributed by atoms with E-state index in [1.165, 1.54) is 6.07 Å². The van der Waals surface area contributed by atoms with Gasteiger partial charge in [-0.15, -0.1) is 0 Å². The van der Waals surface area contributed by atoms with Crippen molar-refractivity contribution in [3.63, 3.8) is 0 Å². The zero-order valence-electron chi connectivity index (χ0n) is 11.1. The van der Waals surface area contributed by atoms with Gasteiger partial charge in [-0.2, -0.15) is 4.72 Å². The molecule has 2 heterocycles. The molecule has 6 nitrogen and oxygen atoms in total. The van der Waals surface area contributed by atoms with Crippen molar-refractivity contribution in [2.45, 2.75) is 30.2 Å². The van der Waals surface area contributed by atoms with Crippen LogP contribution < -0.4 is 10.0 Å². The van der Waals surface area contributed by atoms with Crippen LogP contribution in [0.25, 0.3) is 0 Å². The third-order valence-electron chi connectivity index (χ3n) is 3.52. The molecular formula is C13H14N2O4S2. The molecule has 2 aliphatic heterocycles. The zero-order chi connectivity index (χ0) is 15.0. The molecule has 0 saturated carbocycles. The number of anilines is 1. The van der Waals surface area contributed by atoms with Crippen LogP contribution in [0, 0.1) is 0 Å². The average molecular weight is 326 g/mol. The summed E-state index contributed by atoms with van der Waals surface area (Å²) in [5, 5.41) is 2.57. The van der Waals surface area contributed by atoms with Crippen LogP contribution in [0.2, 0.25) is 0 Å². The highest BCUT2D eigenvalue weighted by Crippen LogP contribution is 2.26. The first-order chi connectivity index (χ1) is 9.95. The number of hydrogen-bond acceptors (Lipinski definition) is 5. The van der Waals surface area contributed by atoms with E-state index >= 15 is 0 Å². The minimum Gasteiger partial charge on any atom is -0.326 e. The topological polar surface area (TPSA) is 92.3 Å². The number of nitrogens with one attached hydrogen (secondary N) is 2. The molecule has 1 atom stereocenters. The third kappa shape index (κ3) is 2.97. The van der Waals surface area contributed by atoms with Gasteiger partial charge < -0.3 is 5.32 Å². The van der Waals surface area contributed by atoms with Gasteiger partial charge in [-0.05, 0) is 36.6 Å². The Labute approximate surface area is 126 Å². The fourth-order valence-corrected chi connectivity index (χ4v) is 4.67. The van der Waals surface area contributed by atoms with Crippen molar-refractivity contribution >= 4 is 38.5 Å². The predicted octanol–water partition coefficient (Wildman–Crippen LogP) is 0.882. The van der Waals surface area contributed by atoms with Gasteiger partial charge >= 0.3 is 0 Å². The number of hydrogen-bond donors (Lipinski definition) is 2. The molecular weight excluding hydrogens is 312 g/mol. The molecule has 3 rings (SSSR count). The van der Waals surface area contributed by atoms with E-state index in [1.807, 2.05) is 0 Å². The van der Waals surface area contributed by atoms with Crippen molar-refractivity contribution in [2.24, 2.45) is 0 Å². The van der Waals surface area contributed by atoms with Gasteiger partial charge in [-0.1, -0.05) is 11.8 Å². The first kappa shape index (κ1) is 14.6. The van der Waals surface area contributed by atoms with Crippen molar-refractivity contribution in [3.05, 3.63) is 23.8 Å². The summed E-state index contributed by atoms with van der Waals surface area (Å²) >= 11 is 1.15.